The molecule has 1 atom stereocenters. The van der Waals surface area contributed by atoms with Crippen molar-refractivity contribution in [3.63, 3.8) is 0 Å². The van der Waals surface area contributed by atoms with Crippen molar-refractivity contribution in [3.8, 4) is 0 Å². The van der Waals surface area contributed by atoms with Crippen molar-refractivity contribution in [2.75, 3.05) is 32.8 Å². The summed E-state index contributed by atoms with van der Waals surface area (Å²) in [5, 5.41) is 0. The van der Waals surface area contributed by atoms with E-state index >= 15 is 0 Å². The number of hydrogen-bond acceptors (Lipinski definition) is 3. The first-order valence-electron chi connectivity index (χ1n) is 8.04. The number of hydrogen-bond donors (Lipinski definition) is 0. The minimum atomic E-state index is 0.389. The van der Waals surface area contributed by atoms with Gasteiger partial charge in [-0.2, -0.15) is 0 Å². The Kier molecular flexibility index (Phi) is 5.06. The summed E-state index contributed by atoms with van der Waals surface area (Å²) in [4.78, 5) is 5.14. The molecule has 0 radical (unpaired) electrons. The number of benzene rings is 1. The van der Waals surface area contributed by atoms with Crippen LogP contribution in [0.4, 0.5) is 0 Å². The van der Waals surface area contributed by atoms with E-state index < -0.39 is 0 Å². The second-order valence-corrected chi connectivity index (χ2v) is 5.97. The van der Waals surface area contributed by atoms with Crippen molar-refractivity contribution in [2.24, 2.45) is 0 Å². The summed E-state index contributed by atoms with van der Waals surface area (Å²) in [7, 11) is 0. The van der Waals surface area contributed by atoms with Crippen LogP contribution in [-0.4, -0.2) is 48.8 Å². The zero-order valence-corrected chi connectivity index (χ0v) is 12.3. The van der Waals surface area contributed by atoms with Gasteiger partial charge in [0.15, 0.2) is 0 Å². The zero-order valence-electron chi connectivity index (χ0n) is 12.3. The van der Waals surface area contributed by atoms with E-state index in [9.17, 15) is 0 Å². The van der Waals surface area contributed by atoms with E-state index in [4.69, 9.17) is 4.74 Å². The Bertz CT molecular complexity index is 389. The normalized spacial score (nSPS) is 26.3. The Morgan fingerprint density at radius 1 is 0.950 bits per heavy atom. The van der Waals surface area contributed by atoms with Crippen LogP contribution in [0.3, 0.4) is 0 Å². The Labute approximate surface area is 122 Å². The van der Waals surface area contributed by atoms with Crippen molar-refractivity contribution >= 4 is 0 Å². The average Bonchev–Trinajstić information content (AvgIpc) is 2.75. The van der Waals surface area contributed by atoms with Gasteiger partial charge in [-0.25, -0.2) is 0 Å². The molecule has 1 aromatic carbocycles. The molecular weight excluding hydrogens is 248 g/mol. The lowest BCUT2D eigenvalue weighted by Crippen LogP contribution is -2.41. The third kappa shape index (κ3) is 3.81. The molecule has 0 saturated carbocycles. The van der Waals surface area contributed by atoms with Crippen molar-refractivity contribution in [1.82, 2.24) is 9.80 Å². The summed E-state index contributed by atoms with van der Waals surface area (Å²) in [6.45, 7) is 6.75. The molecule has 20 heavy (non-hydrogen) atoms. The van der Waals surface area contributed by atoms with Crippen LogP contribution in [0.5, 0.6) is 0 Å². The van der Waals surface area contributed by atoms with E-state index in [1.807, 2.05) is 0 Å². The van der Waals surface area contributed by atoms with E-state index in [0.29, 0.717) is 6.23 Å². The lowest BCUT2D eigenvalue weighted by molar-refractivity contribution is -0.0840. The fraction of sp³-hybridized carbons (Fsp3) is 0.647. The zero-order chi connectivity index (χ0) is 13.6. The molecule has 0 aliphatic carbocycles. The molecule has 3 rings (SSSR count). The first-order chi connectivity index (χ1) is 9.92. The molecule has 3 nitrogen and oxygen atoms in total. The Morgan fingerprint density at radius 3 is 2.65 bits per heavy atom. The van der Waals surface area contributed by atoms with Gasteiger partial charge in [-0.15, -0.1) is 0 Å². The Hall–Kier alpha value is -0.900. The molecule has 0 N–H and O–H groups in total. The minimum Gasteiger partial charge on any atom is -0.363 e. The summed E-state index contributed by atoms with van der Waals surface area (Å²) in [6.07, 6.45) is 5.44. The molecule has 2 aliphatic heterocycles. The maximum atomic E-state index is 5.93. The van der Waals surface area contributed by atoms with E-state index in [-0.39, 0.29) is 0 Å². The van der Waals surface area contributed by atoms with Crippen molar-refractivity contribution < 1.29 is 4.74 Å². The highest BCUT2D eigenvalue weighted by Gasteiger charge is 2.24. The molecule has 0 aromatic heterocycles. The fourth-order valence-corrected chi connectivity index (χ4v) is 3.29. The molecule has 110 valence electrons. The SMILES string of the molecule is c1ccc(CN2CCCN(C3CCCCO3)CC2)cc1. The molecule has 1 aromatic rings. The fourth-order valence-electron chi connectivity index (χ4n) is 3.29. The molecular formula is C17H26N2O. The third-order valence-corrected chi connectivity index (χ3v) is 4.44. The predicted octanol–water partition coefficient (Wildman–Crippen LogP) is 2.72. The van der Waals surface area contributed by atoms with Gasteiger partial charge in [0.05, 0.1) is 0 Å². The van der Waals surface area contributed by atoms with Crippen LogP contribution in [0.25, 0.3) is 0 Å². The quantitative estimate of drug-likeness (QED) is 0.843. The molecule has 1 unspecified atom stereocenters. The molecule has 2 saturated heterocycles. The molecule has 0 amide bonds. The highest BCUT2D eigenvalue weighted by Crippen LogP contribution is 2.19. The smallest absolute Gasteiger partial charge is 0.110 e. The van der Waals surface area contributed by atoms with Crippen LogP contribution in [-0.2, 0) is 11.3 Å². The van der Waals surface area contributed by atoms with Crippen LogP contribution >= 0.6 is 0 Å². The lowest BCUT2D eigenvalue weighted by Gasteiger charge is -2.33. The van der Waals surface area contributed by atoms with Crippen molar-refractivity contribution in [1.29, 1.82) is 0 Å². The summed E-state index contributed by atoms with van der Waals surface area (Å²) in [5.41, 5.74) is 1.43. The summed E-state index contributed by atoms with van der Waals surface area (Å²) < 4.78 is 5.93. The van der Waals surface area contributed by atoms with Crippen molar-refractivity contribution in [3.05, 3.63) is 35.9 Å². The van der Waals surface area contributed by atoms with Gasteiger partial charge >= 0.3 is 0 Å². The lowest BCUT2D eigenvalue weighted by atomic mass is 10.1. The van der Waals surface area contributed by atoms with Crippen molar-refractivity contribution in [2.45, 2.75) is 38.5 Å². The second-order valence-electron chi connectivity index (χ2n) is 5.97. The Morgan fingerprint density at radius 2 is 1.85 bits per heavy atom. The topological polar surface area (TPSA) is 15.7 Å². The third-order valence-electron chi connectivity index (χ3n) is 4.44. The molecule has 0 spiro atoms. The monoisotopic (exact) mass is 274 g/mol. The van der Waals surface area contributed by atoms with Crippen LogP contribution in [0.1, 0.15) is 31.2 Å². The van der Waals surface area contributed by atoms with Gasteiger partial charge in [-0.05, 0) is 37.8 Å². The molecule has 2 fully saturated rings. The summed E-state index contributed by atoms with van der Waals surface area (Å²) in [6, 6.07) is 10.8. The highest BCUT2D eigenvalue weighted by atomic mass is 16.5. The second kappa shape index (κ2) is 7.21. The van der Waals surface area contributed by atoms with E-state index in [1.165, 1.54) is 44.3 Å². The van der Waals surface area contributed by atoms with Gasteiger partial charge in [0.25, 0.3) is 0 Å². The van der Waals surface area contributed by atoms with Gasteiger partial charge in [0.2, 0.25) is 0 Å². The highest BCUT2D eigenvalue weighted by molar-refractivity contribution is 5.14. The molecule has 2 heterocycles. The minimum absolute atomic E-state index is 0.389. The predicted molar refractivity (Wildman–Crippen MR) is 81.5 cm³/mol. The molecule has 2 aliphatic rings. The van der Waals surface area contributed by atoms with Crippen LogP contribution in [0, 0.1) is 0 Å². The van der Waals surface area contributed by atoms with Gasteiger partial charge < -0.3 is 4.74 Å². The van der Waals surface area contributed by atoms with Crippen LogP contribution in [0.2, 0.25) is 0 Å². The van der Waals surface area contributed by atoms with Gasteiger partial charge in [-0.1, -0.05) is 30.3 Å². The first kappa shape index (κ1) is 14.1. The largest absolute Gasteiger partial charge is 0.363 e. The Balaban J connectivity index is 1.51. The first-order valence-corrected chi connectivity index (χ1v) is 8.04. The van der Waals surface area contributed by atoms with Crippen LogP contribution in [0.15, 0.2) is 30.3 Å². The standard InChI is InChI=1S/C17H26N2O/c1-2-7-16(8-3-1)15-18-10-6-11-19(13-12-18)17-9-4-5-14-20-17/h1-3,7-8,17H,4-6,9-15H2. The van der Waals surface area contributed by atoms with E-state index in [2.05, 4.69) is 40.1 Å². The van der Waals surface area contributed by atoms with Gasteiger partial charge in [0, 0.05) is 32.8 Å². The summed E-state index contributed by atoms with van der Waals surface area (Å²) >= 11 is 0. The van der Waals surface area contributed by atoms with E-state index in [1.54, 1.807) is 0 Å². The summed E-state index contributed by atoms with van der Waals surface area (Å²) in [5.74, 6) is 0. The van der Waals surface area contributed by atoms with Gasteiger partial charge in [0.1, 0.15) is 6.23 Å². The molecule has 3 heteroatoms. The number of ether oxygens (including phenoxy) is 1. The average molecular weight is 274 g/mol. The van der Waals surface area contributed by atoms with E-state index in [0.717, 1.165) is 26.2 Å². The van der Waals surface area contributed by atoms with Crippen LogP contribution < -0.4 is 0 Å². The maximum absolute atomic E-state index is 5.93. The number of rotatable bonds is 3. The maximum Gasteiger partial charge on any atom is 0.110 e. The molecule has 0 bridgehead atoms. The number of nitrogens with zero attached hydrogens (tertiary/aromatic N) is 2. The van der Waals surface area contributed by atoms with Gasteiger partial charge in [-0.3, -0.25) is 9.80 Å².